The molecule has 1 unspecified atom stereocenters. The summed E-state index contributed by atoms with van der Waals surface area (Å²) in [6.45, 7) is 3.04. The molecule has 4 heteroatoms. The van der Waals surface area contributed by atoms with Gasteiger partial charge in [-0.05, 0) is 25.5 Å². The number of carbonyl (C=O) groups is 1. The van der Waals surface area contributed by atoms with E-state index >= 15 is 0 Å². The van der Waals surface area contributed by atoms with E-state index in [-0.39, 0.29) is 11.3 Å². The number of aromatic hydroxyl groups is 1. The highest BCUT2D eigenvalue weighted by Gasteiger charge is 2.20. The maximum Gasteiger partial charge on any atom is 0.185 e. The van der Waals surface area contributed by atoms with E-state index < -0.39 is 17.6 Å². The molecule has 0 saturated carbocycles. The van der Waals surface area contributed by atoms with Crippen LogP contribution in [-0.2, 0) is 0 Å². The van der Waals surface area contributed by atoms with Crippen molar-refractivity contribution in [3.05, 3.63) is 29.1 Å². The third-order valence-electron chi connectivity index (χ3n) is 1.99. The smallest absolute Gasteiger partial charge is 0.185 e. The summed E-state index contributed by atoms with van der Waals surface area (Å²) in [6, 6.07) is 1.73. The number of Topliss-reactive ketones (excluding diaryl/α,β-unsaturated/α-hetero) is 1. The van der Waals surface area contributed by atoms with Crippen LogP contribution in [0.1, 0.15) is 22.8 Å². The van der Waals surface area contributed by atoms with Crippen LogP contribution in [0.3, 0.4) is 0 Å². The summed E-state index contributed by atoms with van der Waals surface area (Å²) in [5.41, 5.74) is 5.46. The number of ketones is 1. The molecule has 3 nitrogen and oxygen atoms in total. The first kappa shape index (κ1) is 10.7. The summed E-state index contributed by atoms with van der Waals surface area (Å²) in [4.78, 5) is 11.4. The number of hydrogen-bond acceptors (Lipinski definition) is 3. The Bertz CT molecular complexity index is 375. The van der Waals surface area contributed by atoms with Crippen molar-refractivity contribution >= 4 is 5.78 Å². The molecule has 0 radical (unpaired) electrons. The molecule has 0 aliphatic carbocycles. The molecule has 0 amide bonds. The fourth-order valence-electron chi connectivity index (χ4n) is 1.13. The molecule has 1 aromatic carbocycles. The van der Waals surface area contributed by atoms with Gasteiger partial charge in [0.1, 0.15) is 11.6 Å². The SMILES string of the molecule is Cc1ccc(F)c(C(=O)C(C)N)c1O. The first-order chi connectivity index (χ1) is 6.45. The van der Waals surface area contributed by atoms with Crippen molar-refractivity contribution in [1.82, 2.24) is 0 Å². The second-order valence-electron chi connectivity index (χ2n) is 3.24. The van der Waals surface area contributed by atoms with E-state index in [0.29, 0.717) is 5.56 Å². The Hall–Kier alpha value is -1.42. The van der Waals surface area contributed by atoms with Crippen LogP contribution in [0.5, 0.6) is 5.75 Å². The average Bonchev–Trinajstić information content (AvgIpc) is 2.12. The van der Waals surface area contributed by atoms with Crippen molar-refractivity contribution in [1.29, 1.82) is 0 Å². The molecule has 0 aliphatic rings. The minimum absolute atomic E-state index is 0.319. The maximum absolute atomic E-state index is 13.2. The van der Waals surface area contributed by atoms with Gasteiger partial charge in [-0.2, -0.15) is 0 Å². The fraction of sp³-hybridized carbons (Fsp3) is 0.300. The number of halogens is 1. The lowest BCUT2D eigenvalue weighted by atomic mass is 10.0. The molecule has 0 spiro atoms. The van der Waals surface area contributed by atoms with E-state index in [1.165, 1.54) is 13.0 Å². The van der Waals surface area contributed by atoms with Gasteiger partial charge >= 0.3 is 0 Å². The molecular formula is C10H12FNO2. The van der Waals surface area contributed by atoms with Crippen LogP contribution in [0.4, 0.5) is 4.39 Å². The lowest BCUT2D eigenvalue weighted by Gasteiger charge is -2.09. The fourth-order valence-corrected chi connectivity index (χ4v) is 1.13. The molecule has 1 atom stereocenters. The third-order valence-corrected chi connectivity index (χ3v) is 1.99. The highest BCUT2D eigenvalue weighted by Crippen LogP contribution is 2.25. The van der Waals surface area contributed by atoms with Crippen molar-refractivity contribution in [2.75, 3.05) is 0 Å². The van der Waals surface area contributed by atoms with Crippen LogP contribution >= 0.6 is 0 Å². The molecule has 76 valence electrons. The Morgan fingerprint density at radius 1 is 1.57 bits per heavy atom. The summed E-state index contributed by atoms with van der Waals surface area (Å²) in [7, 11) is 0. The Kier molecular flexibility index (Phi) is 2.86. The number of phenols is 1. The zero-order valence-electron chi connectivity index (χ0n) is 8.04. The number of hydrogen-bond donors (Lipinski definition) is 2. The van der Waals surface area contributed by atoms with Gasteiger partial charge in [0.05, 0.1) is 11.6 Å². The molecule has 0 heterocycles. The molecule has 0 bridgehead atoms. The van der Waals surface area contributed by atoms with Crippen molar-refractivity contribution in [2.45, 2.75) is 19.9 Å². The predicted molar refractivity (Wildman–Crippen MR) is 50.8 cm³/mol. The van der Waals surface area contributed by atoms with E-state index in [9.17, 15) is 14.3 Å². The topological polar surface area (TPSA) is 63.3 Å². The molecule has 3 N–H and O–H groups in total. The molecule has 0 fully saturated rings. The molecule has 1 aromatic rings. The highest BCUT2D eigenvalue weighted by molar-refractivity contribution is 6.02. The van der Waals surface area contributed by atoms with Gasteiger partial charge in [0, 0.05) is 0 Å². The summed E-state index contributed by atoms with van der Waals surface area (Å²) in [5, 5.41) is 9.48. The Labute approximate surface area is 81.4 Å². The average molecular weight is 197 g/mol. The molecule has 1 rings (SSSR count). The normalized spacial score (nSPS) is 12.6. The lowest BCUT2D eigenvalue weighted by molar-refractivity contribution is 0.0961. The van der Waals surface area contributed by atoms with Crippen molar-refractivity contribution < 1.29 is 14.3 Å². The van der Waals surface area contributed by atoms with Crippen LogP contribution in [0, 0.1) is 12.7 Å². The van der Waals surface area contributed by atoms with Crippen molar-refractivity contribution in [3.63, 3.8) is 0 Å². The Morgan fingerprint density at radius 3 is 2.64 bits per heavy atom. The summed E-state index contributed by atoms with van der Waals surface area (Å²) < 4.78 is 13.2. The van der Waals surface area contributed by atoms with Gasteiger partial charge in [0.15, 0.2) is 5.78 Å². The highest BCUT2D eigenvalue weighted by atomic mass is 19.1. The Balaban J connectivity index is 3.33. The van der Waals surface area contributed by atoms with Gasteiger partial charge in [0.2, 0.25) is 0 Å². The molecule has 0 aliphatic heterocycles. The minimum Gasteiger partial charge on any atom is -0.507 e. The first-order valence-corrected chi connectivity index (χ1v) is 4.23. The number of phenolic OH excluding ortho intramolecular Hbond substituents is 1. The molecule has 14 heavy (non-hydrogen) atoms. The molecule has 0 aromatic heterocycles. The standard InChI is InChI=1S/C10H12FNO2/c1-5-3-4-7(11)8(9(5)13)10(14)6(2)12/h3-4,6,13H,12H2,1-2H3. The zero-order valence-corrected chi connectivity index (χ0v) is 8.04. The van der Waals surface area contributed by atoms with Gasteiger partial charge in [0.25, 0.3) is 0 Å². The van der Waals surface area contributed by atoms with Crippen molar-refractivity contribution in [3.8, 4) is 5.75 Å². The van der Waals surface area contributed by atoms with Gasteiger partial charge < -0.3 is 10.8 Å². The number of carbonyl (C=O) groups excluding carboxylic acids is 1. The lowest BCUT2D eigenvalue weighted by Crippen LogP contribution is -2.27. The van der Waals surface area contributed by atoms with Crippen molar-refractivity contribution in [2.24, 2.45) is 5.73 Å². The number of nitrogens with two attached hydrogens (primary N) is 1. The zero-order chi connectivity index (χ0) is 10.9. The van der Waals surface area contributed by atoms with Crippen LogP contribution in [0.2, 0.25) is 0 Å². The monoisotopic (exact) mass is 197 g/mol. The maximum atomic E-state index is 13.2. The van der Waals surface area contributed by atoms with Crippen LogP contribution in [0.25, 0.3) is 0 Å². The quantitative estimate of drug-likeness (QED) is 0.704. The second-order valence-corrected chi connectivity index (χ2v) is 3.24. The number of aryl methyl sites for hydroxylation is 1. The first-order valence-electron chi connectivity index (χ1n) is 4.23. The second kappa shape index (κ2) is 3.75. The van der Waals surface area contributed by atoms with E-state index in [1.807, 2.05) is 0 Å². The number of benzene rings is 1. The van der Waals surface area contributed by atoms with E-state index in [0.717, 1.165) is 6.07 Å². The van der Waals surface area contributed by atoms with Crippen LogP contribution in [0.15, 0.2) is 12.1 Å². The predicted octanol–water partition coefficient (Wildman–Crippen LogP) is 1.37. The van der Waals surface area contributed by atoms with E-state index in [1.54, 1.807) is 6.92 Å². The van der Waals surface area contributed by atoms with Gasteiger partial charge in [-0.1, -0.05) is 6.07 Å². The van der Waals surface area contributed by atoms with E-state index in [2.05, 4.69) is 0 Å². The summed E-state index contributed by atoms with van der Waals surface area (Å²) in [6.07, 6.45) is 0. The third kappa shape index (κ3) is 1.75. The Morgan fingerprint density at radius 2 is 2.14 bits per heavy atom. The van der Waals surface area contributed by atoms with Crippen LogP contribution in [-0.4, -0.2) is 16.9 Å². The van der Waals surface area contributed by atoms with Gasteiger partial charge in [-0.15, -0.1) is 0 Å². The summed E-state index contributed by atoms with van der Waals surface area (Å²) in [5.74, 6) is -1.66. The molecule has 0 saturated heterocycles. The van der Waals surface area contributed by atoms with Gasteiger partial charge in [-0.3, -0.25) is 4.79 Å². The van der Waals surface area contributed by atoms with Crippen LogP contribution < -0.4 is 5.73 Å². The minimum atomic E-state index is -0.822. The largest absolute Gasteiger partial charge is 0.507 e. The van der Waals surface area contributed by atoms with Gasteiger partial charge in [-0.25, -0.2) is 4.39 Å². The molecular weight excluding hydrogens is 185 g/mol. The van der Waals surface area contributed by atoms with E-state index in [4.69, 9.17) is 5.73 Å². The summed E-state index contributed by atoms with van der Waals surface area (Å²) >= 11 is 0. The number of rotatable bonds is 2.